The van der Waals surface area contributed by atoms with Crippen molar-refractivity contribution in [3.63, 3.8) is 0 Å². The molecule has 0 amide bonds. The van der Waals surface area contributed by atoms with E-state index in [2.05, 4.69) is 5.32 Å². The van der Waals surface area contributed by atoms with E-state index >= 15 is 0 Å². The molecule has 0 bridgehead atoms. The lowest BCUT2D eigenvalue weighted by atomic mass is 9.85. The van der Waals surface area contributed by atoms with Crippen LogP contribution >= 0.6 is 0 Å². The van der Waals surface area contributed by atoms with Gasteiger partial charge in [-0.1, -0.05) is 6.07 Å². The molecular formula is C11H13F2NO. The van der Waals surface area contributed by atoms with Crippen molar-refractivity contribution in [3.05, 3.63) is 35.4 Å². The highest BCUT2D eigenvalue weighted by atomic mass is 19.1. The molecule has 0 radical (unpaired) electrons. The molecule has 0 atom stereocenters. The average Bonchev–Trinajstić information content (AvgIpc) is 2.18. The third kappa shape index (κ3) is 2.01. The van der Waals surface area contributed by atoms with E-state index in [-0.39, 0.29) is 5.56 Å². The zero-order valence-electron chi connectivity index (χ0n) is 8.26. The summed E-state index contributed by atoms with van der Waals surface area (Å²) in [5.41, 5.74) is -0.950. The molecule has 4 heteroatoms. The van der Waals surface area contributed by atoms with E-state index in [4.69, 9.17) is 0 Å². The average molecular weight is 213 g/mol. The zero-order valence-corrected chi connectivity index (χ0v) is 8.26. The van der Waals surface area contributed by atoms with Gasteiger partial charge < -0.3 is 10.4 Å². The van der Waals surface area contributed by atoms with Crippen molar-refractivity contribution in [2.45, 2.75) is 18.4 Å². The van der Waals surface area contributed by atoms with E-state index in [1.165, 1.54) is 12.1 Å². The first-order valence-electron chi connectivity index (χ1n) is 5.00. The fourth-order valence-corrected chi connectivity index (χ4v) is 1.98. The number of hydrogen-bond acceptors (Lipinski definition) is 2. The van der Waals surface area contributed by atoms with E-state index in [1.54, 1.807) is 0 Å². The number of aliphatic hydroxyl groups is 1. The lowest BCUT2D eigenvalue weighted by molar-refractivity contribution is 0.00268. The first kappa shape index (κ1) is 10.5. The Kier molecular flexibility index (Phi) is 2.71. The van der Waals surface area contributed by atoms with Crippen molar-refractivity contribution in [2.75, 3.05) is 13.1 Å². The van der Waals surface area contributed by atoms with Gasteiger partial charge in [0.1, 0.15) is 11.6 Å². The molecular weight excluding hydrogens is 200 g/mol. The molecule has 0 aromatic heterocycles. The molecule has 1 aromatic carbocycles. The molecule has 0 spiro atoms. The van der Waals surface area contributed by atoms with E-state index in [1.807, 2.05) is 0 Å². The Morgan fingerprint density at radius 1 is 1.20 bits per heavy atom. The summed E-state index contributed by atoms with van der Waals surface area (Å²) in [4.78, 5) is 0. The van der Waals surface area contributed by atoms with Crippen LogP contribution in [0.25, 0.3) is 0 Å². The number of rotatable bonds is 1. The predicted molar refractivity (Wildman–Crippen MR) is 52.4 cm³/mol. The summed E-state index contributed by atoms with van der Waals surface area (Å²) in [6, 6.07) is 3.32. The maximum atomic E-state index is 13.5. The SMILES string of the molecule is OC1(c2ccc(F)cc2F)CCNCC1. The van der Waals surface area contributed by atoms with Gasteiger partial charge in [0, 0.05) is 11.6 Å². The molecule has 1 heterocycles. The van der Waals surface area contributed by atoms with E-state index in [0.717, 1.165) is 6.07 Å². The Bertz CT molecular complexity index is 362. The van der Waals surface area contributed by atoms with Gasteiger partial charge in [0.15, 0.2) is 0 Å². The Morgan fingerprint density at radius 3 is 2.47 bits per heavy atom. The Labute approximate surface area is 86.9 Å². The first-order valence-corrected chi connectivity index (χ1v) is 5.00. The molecule has 1 aromatic rings. The minimum atomic E-state index is -1.15. The molecule has 2 nitrogen and oxygen atoms in total. The van der Waals surface area contributed by atoms with Crippen molar-refractivity contribution >= 4 is 0 Å². The van der Waals surface area contributed by atoms with Crippen molar-refractivity contribution in [2.24, 2.45) is 0 Å². The Hall–Kier alpha value is -1.00. The second kappa shape index (κ2) is 3.87. The van der Waals surface area contributed by atoms with Gasteiger partial charge in [-0.2, -0.15) is 0 Å². The van der Waals surface area contributed by atoms with Crippen LogP contribution < -0.4 is 5.32 Å². The molecule has 15 heavy (non-hydrogen) atoms. The lowest BCUT2D eigenvalue weighted by Crippen LogP contribution is -2.40. The number of benzene rings is 1. The Balaban J connectivity index is 2.35. The van der Waals surface area contributed by atoms with Crippen LogP contribution in [0.1, 0.15) is 18.4 Å². The van der Waals surface area contributed by atoms with Gasteiger partial charge in [0.25, 0.3) is 0 Å². The van der Waals surface area contributed by atoms with Crippen LogP contribution in [0.15, 0.2) is 18.2 Å². The van der Waals surface area contributed by atoms with Crippen molar-refractivity contribution in [3.8, 4) is 0 Å². The summed E-state index contributed by atoms with van der Waals surface area (Å²) >= 11 is 0. The topological polar surface area (TPSA) is 32.3 Å². The predicted octanol–water partition coefficient (Wildman–Crippen LogP) is 1.54. The highest BCUT2D eigenvalue weighted by Gasteiger charge is 2.33. The number of halogens is 2. The maximum absolute atomic E-state index is 13.5. The minimum absolute atomic E-state index is 0.199. The van der Waals surface area contributed by atoms with Crippen molar-refractivity contribution in [1.82, 2.24) is 5.32 Å². The van der Waals surface area contributed by atoms with Gasteiger partial charge in [-0.25, -0.2) is 8.78 Å². The van der Waals surface area contributed by atoms with E-state index in [9.17, 15) is 13.9 Å². The third-order valence-corrected chi connectivity index (χ3v) is 2.86. The normalized spacial score (nSPS) is 20.2. The van der Waals surface area contributed by atoms with Crippen LogP contribution in [-0.2, 0) is 5.60 Å². The highest BCUT2D eigenvalue weighted by Crippen LogP contribution is 2.32. The molecule has 0 aliphatic carbocycles. The van der Waals surface area contributed by atoms with E-state index in [0.29, 0.717) is 25.9 Å². The molecule has 0 saturated carbocycles. The molecule has 1 saturated heterocycles. The van der Waals surface area contributed by atoms with Gasteiger partial charge >= 0.3 is 0 Å². The highest BCUT2D eigenvalue weighted by molar-refractivity contribution is 5.25. The fourth-order valence-electron chi connectivity index (χ4n) is 1.98. The van der Waals surface area contributed by atoms with Crippen LogP contribution in [0.4, 0.5) is 8.78 Å². The second-order valence-electron chi connectivity index (χ2n) is 3.91. The van der Waals surface area contributed by atoms with Crippen LogP contribution in [0.2, 0.25) is 0 Å². The summed E-state index contributed by atoms with van der Waals surface area (Å²) < 4.78 is 26.2. The van der Waals surface area contributed by atoms with Gasteiger partial charge in [0.2, 0.25) is 0 Å². The van der Waals surface area contributed by atoms with Crippen molar-refractivity contribution in [1.29, 1.82) is 0 Å². The lowest BCUT2D eigenvalue weighted by Gasteiger charge is -2.33. The number of hydrogen-bond donors (Lipinski definition) is 2. The quantitative estimate of drug-likeness (QED) is 0.741. The summed E-state index contributed by atoms with van der Waals surface area (Å²) in [5, 5.41) is 13.3. The summed E-state index contributed by atoms with van der Waals surface area (Å²) in [7, 11) is 0. The van der Waals surface area contributed by atoms with Crippen molar-refractivity contribution < 1.29 is 13.9 Å². The molecule has 82 valence electrons. The molecule has 0 unspecified atom stereocenters. The summed E-state index contributed by atoms with van der Waals surface area (Å²) in [6.07, 6.45) is 0.908. The number of nitrogens with one attached hydrogen (secondary N) is 1. The standard InChI is InChI=1S/C11H13F2NO/c12-8-1-2-9(10(13)7-8)11(15)3-5-14-6-4-11/h1-2,7,14-15H,3-6H2. The molecule has 2 rings (SSSR count). The Morgan fingerprint density at radius 2 is 1.87 bits per heavy atom. The monoisotopic (exact) mass is 213 g/mol. The summed E-state index contributed by atoms with van der Waals surface area (Å²) in [5.74, 6) is -1.28. The fraction of sp³-hybridized carbons (Fsp3) is 0.455. The van der Waals surface area contributed by atoms with Crippen LogP contribution in [-0.4, -0.2) is 18.2 Å². The van der Waals surface area contributed by atoms with Crippen LogP contribution in [0.5, 0.6) is 0 Å². The smallest absolute Gasteiger partial charge is 0.132 e. The molecule has 1 aliphatic heterocycles. The van der Waals surface area contributed by atoms with Gasteiger partial charge in [-0.15, -0.1) is 0 Å². The first-order chi connectivity index (χ1) is 7.12. The van der Waals surface area contributed by atoms with Gasteiger partial charge in [0.05, 0.1) is 5.60 Å². The zero-order chi connectivity index (χ0) is 10.9. The van der Waals surface area contributed by atoms with Crippen LogP contribution in [0, 0.1) is 11.6 Å². The largest absolute Gasteiger partial charge is 0.385 e. The van der Waals surface area contributed by atoms with Gasteiger partial charge in [-0.3, -0.25) is 0 Å². The van der Waals surface area contributed by atoms with Crippen LogP contribution in [0.3, 0.4) is 0 Å². The van der Waals surface area contributed by atoms with Gasteiger partial charge in [-0.05, 0) is 32.0 Å². The molecule has 1 aliphatic rings. The van der Waals surface area contributed by atoms with E-state index < -0.39 is 17.2 Å². The molecule has 2 N–H and O–H groups in total. The summed E-state index contributed by atoms with van der Waals surface area (Å²) in [6.45, 7) is 1.29. The minimum Gasteiger partial charge on any atom is -0.385 e. The molecule has 1 fully saturated rings. The maximum Gasteiger partial charge on any atom is 0.132 e. The number of piperidine rings is 1. The second-order valence-corrected chi connectivity index (χ2v) is 3.91. The third-order valence-electron chi connectivity index (χ3n) is 2.86.